The lowest BCUT2D eigenvalue weighted by Gasteiger charge is -2.25. The molecule has 0 saturated carbocycles. The molecule has 144 valence electrons. The molecule has 1 aliphatic rings. The molecular formula is C23H15BrFNO3. The number of aliphatic hydroxyl groups excluding tert-OH is 1. The Kier molecular flexibility index (Phi) is 5.03. The normalized spacial score (nSPS) is 18.3. The largest absolute Gasteiger partial charge is 0.507 e. The molecule has 6 heteroatoms. The van der Waals surface area contributed by atoms with E-state index in [1.165, 1.54) is 29.2 Å². The van der Waals surface area contributed by atoms with Gasteiger partial charge in [-0.1, -0.05) is 58.4 Å². The highest BCUT2D eigenvalue weighted by Gasteiger charge is 2.46. The van der Waals surface area contributed by atoms with Gasteiger partial charge in [-0.3, -0.25) is 14.5 Å². The Labute approximate surface area is 175 Å². The summed E-state index contributed by atoms with van der Waals surface area (Å²) in [7, 11) is 0. The van der Waals surface area contributed by atoms with E-state index in [1.807, 2.05) is 0 Å². The summed E-state index contributed by atoms with van der Waals surface area (Å²) >= 11 is 3.38. The van der Waals surface area contributed by atoms with E-state index in [1.54, 1.807) is 54.6 Å². The quantitative estimate of drug-likeness (QED) is 0.337. The number of amides is 1. The molecular weight excluding hydrogens is 437 g/mol. The van der Waals surface area contributed by atoms with Gasteiger partial charge in [-0.25, -0.2) is 4.39 Å². The molecule has 4 rings (SSSR count). The van der Waals surface area contributed by atoms with Gasteiger partial charge in [-0.15, -0.1) is 0 Å². The van der Waals surface area contributed by atoms with E-state index in [9.17, 15) is 19.1 Å². The molecule has 29 heavy (non-hydrogen) atoms. The molecule has 4 nitrogen and oxygen atoms in total. The Balaban J connectivity index is 1.94. The molecule has 1 fully saturated rings. The van der Waals surface area contributed by atoms with Crippen molar-refractivity contribution in [2.24, 2.45) is 0 Å². The van der Waals surface area contributed by atoms with Gasteiger partial charge in [0.1, 0.15) is 11.6 Å². The average molecular weight is 452 g/mol. The molecule has 3 aromatic carbocycles. The number of carbonyl (C=O) groups excluding carboxylic acids is 2. The topological polar surface area (TPSA) is 57.6 Å². The Morgan fingerprint density at radius 1 is 0.897 bits per heavy atom. The fraction of sp³-hybridized carbons (Fsp3) is 0.0435. The zero-order chi connectivity index (χ0) is 20.5. The van der Waals surface area contributed by atoms with Crippen molar-refractivity contribution in [3.63, 3.8) is 0 Å². The van der Waals surface area contributed by atoms with Gasteiger partial charge < -0.3 is 5.11 Å². The van der Waals surface area contributed by atoms with E-state index < -0.39 is 23.5 Å². The third-order valence-corrected chi connectivity index (χ3v) is 5.31. The van der Waals surface area contributed by atoms with E-state index in [-0.39, 0.29) is 11.3 Å². The lowest BCUT2D eigenvalue weighted by atomic mass is 9.95. The van der Waals surface area contributed by atoms with Crippen molar-refractivity contribution in [1.29, 1.82) is 0 Å². The highest BCUT2D eigenvalue weighted by molar-refractivity contribution is 9.10. The second-order valence-electron chi connectivity index (χ2n) is 6.56. The van der Waals surface area contributed by atoms with Gasteiger partial charge >= 0.3 is 0 Å². The minimum absolute atomic E-state index is 0.00662. The van der Waals surface area contributed by atoms with Crippen molar-refractivity contribution < 1.29 is 19.1 Å². The van der Waals surface area contributed by atoms with Crippen LogP contribution in [-0.4, -0.2) is 16.8 Å². The fourth-order valence-electron chi connectivity index (χ4n) is 3.41. The van der Waals surface area contributed by atoms with Crippen LogP contribution in [-0.2, 0) is 9.59 Å². The SMILES string of the molecule is O=C1C(=O)N(c2ccc(F)cc2)[C@H](c2ccc(Br)cc2)C1=C(O)c1ccccc1. The van der Waals surface area contributed by atoms with Crippen molar-refractivity contribution in [3.8, 4) is 0 Å². The summed E-state index contributed by atoms with van der Waals surface area (Å²) in [6.45, 7) is 0. The van der Waals surface area contributed by atoms with Crippen LogP contribution in [0, 0.1) is 5.82 Å². The Hall–Kier alpha value is -3.25. The number of carbonyl (C=O) groups is 2. The summed E-state index contributed by atoms with van der Waals surface area (Å²) in [5.41, 5.74) is 1.45. The van der Waals surface area contributed by atoms with Crippen LogP contribution >= 0.6 is 15.9 Å². The molecule has 0 bridgehead atoms. The molecule has 1 amide bonds. The van der Waals surface area contributed by atoms with Crippen molar-refractivity contribution in [2.75, 3.05) is 4.90 Å². The number of benzene rings is 3. The van der Waals surface area contributed by atoms with Gasteiger partial charge in [0.15, 0.2) is 0 Å². The summed E-state index contributed by atoms with van der Waals surface area (Å²) in [5, 5.41) is 10.9. The molecule has 0 unspecified atom stereocenters. The Morgan fingerprint density at radius 3 is 2.14 bits per heavy atom. The van der Waals surface area contributed by atoms with Gasteiger partial charge in [0, 0.05) is 15.7 Å². The van der Waals surface area contributed by atoms with E-state index in [0.29, 0.717) is 16.8 Å². The predicted octanol–water partition coefficient (Wildman–Crippen LogP) is 5.21. The van der Waals surface area contributed by atoms with Crippen LogP contribution in [0.5, 0.6) is 0 Å². The third-order valence-electron chi connectivity index (χ3n) is 4.78. The summed E-state index contributed by atoms with van der Waals surface area (Å²) in [5.74, 6) is -2.26. The van der Waals surface area contributed by atoms with Gasteiger partial charge in [0.2, 0.25) is 0 Å². The number of ketones is 1. The number of rotatable bonds is 3. The first-order valence-corrected chi connectivity index (χ1v) is 9.64. The number of aliphatic hydroxyl groups is 1. The maximum absolute atomic E-state index is 13.4. The highest BCUT2D eigenvalue weighted by atomic mass is 79.9. The van der Waals surface area contributed by atoms with Crippen LogP contribution in [0.3, 0.4) is 0 Å². The highest BCUT2D eigenvalue weighted by Crippen LogP contribution is 2.42. The molecule has 1 aliphatic heterocycles. The smallest absolute Gasteiger partial charge is 0.300 e. The van der Waals surface area contributed by atoms with Crippen molar-refractivity contribution in [3.05, 3.63) is 106 Å². The minimum atomic E-state index is -0.839. The summed E-state index contributed by atoms with van der Waals surface area (Å²) in [6, 6.07) is 20.2. The first-order valence-electron chi connectivity index (χ1n) is 8.85. The van der Waals surface area contributed by atoms with Gasteiger partial charge in [-0.2, -0.15) is 0 Å². The number of hydrogen-bond donors (Lipinski definition) is 1. The van der Waals surface area contributed by atoms with E-state index in [0.717, 1.165) is 4.47 Å². The zero-order valence-electron chi connectivity index (χ0n) is 15.0. The maximum Gasteiger partial charge on any atom is 0.300 e. The molecule has 0 spiro atoms. The first-order chi connectivity index (χ1) is 14.0. The van der Waals surface area contributed by atoms with Gasteiger partial charge in [0.25, 0.3) is 11.7 Å². The van der Waals surface area contributed by atoms with Crippen molar-refractivity contribution in [2.45, 2.75) is 6.04 Å². The summed E-state index contributed by atoms with van der Waals surface area (Å²) in [4.78, 5) is 27.1. The van der Waals surface area contributed by atoms with E-state index in [4.69, 9.17) is 0 Å². The molecule has 1 saturated heterocycles. The molecule has 0 aromatic heterocycles. The lowest BCUT2D eigenvalue weighted by molar-refractivity contribution is -0.132. The second kappa shape index (κ2) is 7.64. The van der Waals surface area contributed by atoms with Crippen LogP contribution in [0.4, 0.5) is 10.1 Å². The molecule has 1 N–H and O–H groups in total. The van der Waals surface area contributed by atoms with Crippen LogP contribution in [0.15, 0.2) is 88.9 Å². The number of halogens is 2. The summed E-state index contributed by atoms with van der Waals surface area (Å²) < 4.78 is 14.2. The van der Waals surface area contributed by atoms with Crippen molar-refractivity contribution in [1.82, 2.24) is 0 Å². The van der Waals surface area contributed by atoms with E-state index in [2.05, 4.69) is 15.9 Å². The second-order valence-corrected chi connectivity index (χ2v) is 7.48. The third kappa shape index (κ3) is 3.47. The minimum Gasteiger partial charge on any atom is -0.507 e. The standard InChI is InChI=1S/C23H15BrFNO3/c24-16-8-6-14(7-9-16)20-19(21(27)15-4-2-1-3-5-15)22(28)23(29)26(20)18-12-10-17(25)11-13-18/h1-13,20,27H/t20-/m1/s1. The maximum atomic E-state index is 13.4. The van der Waals surface area contributed by atoms with Crippen molar-refractivity contribution >= 4 is 39.1 Å². The van der Waals surface area contributed by atoms with Gasteiger partial charge in [0.05, 0.1) is 11.6 Å². The number of Topliss-reactive ketones (excluding diaryl/α,β-unsaturated/α-hetero) is 1. The Bertz CT molecular complexity index is 1110. The first kappa shape index (κ1) is 19.1. The van der Waals surface area contributed by atoms with Crippen LogP contribution in [0.2, 0.25) is 0 Å². The lowest BCUT2D eigenvalue weighted by Crippen LogP contribution is -2.29. The monoisotopic (exact) mass is 451 g/mol. The number of anilines is 1. The number of nitrogens with zero attached hydrogens (tertiary/aromatic N) is 1. The zero-order valence-corrected chi connectivity index (χ0v) is 16.6. The summed E-state index contributed by atoms with van der Waals surface area (Å²) in [6.07, 6.45) is 0. The molecule has 1 atom stereocenters. The van der Waals surface area contributed by atoms with Crippen LogP contribution < -0.4 is 4.90 Å². The van der Waals surface area contributed by atoms with E-state index >= 15 is 0 Å². The molecule has 0 radical (unpaired) electrons. The van der Waals surface area contributed by atoms with Gasteiger partial charge in [-0.05, 0) is 42.0 Å². The fourth-order valence-corrected chi connectivity index (χ4v) is 3.68. The number of hydrogen-bond acceptors (Lipinski definition) is 3. The molecule has 1 heterocycles. The predicted molar refractivity (Wildman–Crippen MR) is 112 cm³/mol. The van der Waals surface area contributed by atoms with Crippen LogP contribution in [0.1, 0.15) is 17.2 Å². The van der Waals surface area contributed by atoms with Crippen LogP contribution in [0.25, 0.3) is 5.76 Å². The average Bonchev–Trinajstić information content (AvgIpc) is 3.00. The Morgan fingerprint density at radius 2 is 1.52 bits per heavy atom. The molecule has 3 aromatic rings. The molecule has 0 aliphatic carbocycles.